The van der Waals surface area contributed by atoms with Gasteiger partial charge in [-0.2, -0.15) is 0 Å². The van der Waals surface area contributed by atoms with E-state index in [2.05, 4.69) is 40.2 Å². The monoisotopic (exact) mass is 281 g/mol. The molecule has 16 heavy (non-hydrogen) atoms. The van der Waals surface area contributed by atoms with E-state index in [1.165, 1.54) is 5.56 Å². The third-order valence-corrected chi connectivity index (χ3v) is 4.83. The Morgan fingerprint density at radius 1 is 1.19 bits per heavy atom. The lowest BCUT2D eigenvalue weighted by Crippen LogP contribution is -2.62. The van der Waals surface area contributed by atoms with Crippen LogP contribution in [0.1, 0.15) is 31.2 Å². The molecule has 3 heteroatoms. The van der Waals surface area contributed by atoms with Crippen molar-refractivity contribution in [3.63, 3.8) is 0 Å². The van der Waals surface area contributed by atoms with E-state index in [1.807, 2.05) is 0 Å². The molecule has 1 aromatic carbocycles. The fourth-order valence-electron chi connectivity index (χ4n) is 3.14. The van der Waals surface area contributed by atoms with Gasteiger partial charge in [-0.05, 0) is 43.4 Å². The molecular formula is C13H16BrNO. The molecule has 2 aliphatic rings. The smallest absolute Gasteiger partial charge is 0.0575 e. The van der Waals surface area contributed by atoms with Crippen molar-refractivity contribution in [2.75, 3.05) is 0 Å². The van der Waals surface area contributed by atoms with E-state index in [0.29, 0.717) is 0 Å². The molecule has 2 saturated carbocycles. The maximum absolute atomic E-state index is 9.48. The van der Waals surface area contributed by atoms with Crippen molar-refractivity contribution in [1.29, 1.82) is 0 Å². The lowest BCUT2D eigenvalue weighted by Gasteiger charge is -2.49. The second-order valence-electron chi connectivity index (χ2n) is 5.31. The third-order valence-electron chi connectivity index (χ3n) is 4.30. The standard InChI is InChI=1S/C13H16BrNO/c14-10-3-1-9(2-4-10)12(5-6-12)13(15)7-11(16)8-13/h1-4,11,16H,5-8,15H2. The summed E-state index contributed by atoms with van der Waals surface area (Å²) in [7, 11) is 0. The predicted octanol–water partition coefficient (Wildman–Crippen LogP) is 2.33. The van der Waals surface area contributed by atoms with Crippen LogP contribution in [0.2, 0.25) is 0 Å². The molecule has 0 aromatic heterocycles. The van der Waals surface area contributed by atoms with Crippen molar-refractivity contribution in [2.45, 2.75) is 42.7 Å². The summed E-state index contributed by atoms with van der Waals surface area (Å²) in [5.74, 6) is 0. The summed E-state index contributed by atoms with van der Waals surface area (Å²) in [5, 5.41) is 9.48. The van der Waals surface area contributed by atoms with Gasteiger partial charge in [0.25, 0.3) is 0 Å². The van der Waals surface area contributed by atoms with Crippen LogP contribution in [0.15, 0.2) is 28.7 Å². The maximum atomic E-state index is 9.48. The van der Waals surface area contributed by atoms with Crippen molar-refractivity contribution < 1.29 is 5.11 Å². The van der Waals surface area contributed by atoms with Gasteiger partial charge in [-0.25, -0.2) is 0 Å². The molecular weight excluding hydrogens is 266 g/mol. The molecule has 0 heterocycles. The number of nitrogens with two attached hydrogens (primary N) is 1. The van der Waals surface area contributed by atoms with E-state index in [1.54, 1.807) is 0 Å². The van der Waals surface area contributed by atoms with E-state index in [4.69, 9.17) is 5.73 Å². The summed E-state index contributed by atoms with van der Waals surface area (Å²) in [5.41, 5.74) is 7.75. The lowest BCUT2D eigenvalue weighted by molar-refractivity contribution is 0.00239. The zero-order valence-electron chi connectivity index (χ0n) is 9.12. The van der Waals surface area contributed by atoms with Gasteiger partial charge in [0.1, 0.15) is 0 Å². The quantitative estimate of drug-likeness (QED) is 0.874. The molecule has 2 nitrogen and oxygen atoms in total. The number of aliphatic hydroxyl groups is 1. The van der Waals surface area contributed by atoms with Crippen LogP contribution in [0.3, 0.4) is 0 Å². The molecule has 0 spiro atoms. The average Bonchev–Trinajstić information content (AvgIpc) is 2.98. The third kappa shape index (κ3) is 1.38. The molecule has 0 aliphatic heterocycles. The first-order valence-electron chi connectivity index (χ1n) is 5.79. The zero-order valence-corrected chi connectivity index (χ0v) is 10.7. The van der Waals surface area contributed by atoms with Gasteiger partial charge in [-0.1, -0.05) is 28.1 Å². The van der Waals surface area contributed by atoms with Crippen LogP contribution in [0, 0.1) is 0 Å². The number of aliphatic hydroxyl groups excluding tert-OH is 1. The number of benzene rings is 1. The Balaban J connectivity index is 1.91. The zero-order chi connectivity index (χ0) is 11.4. The summed E-state index contributed by atoms with van der Waals surface area (Å²) in [6, 6.07) is 8.48. The largest absolute Gasteiger partial charge is 0.393 e. The Bertz CT molecular complexity index is 404. The van der Waals surface area contributed by atoms with Crippen LogP contribution in [0.4, 0.5) is 0 Å². The van der Waals surface area contributed by atoms with Crippen LogP contribution < -0.4 is 5.73 Å². The van der Waals surface area contributed by atoms with Crippen LogP contribution in [-0.2, 0) is 5.41 Å². The van der Waals surface area contributed by atoms with Gasteiger partial charge in [0, 0.05) is 15.4 Å². The molecule has 1 aromatic rings. The van der Waals surface area contributed by atoms with Gasteiger partial charge in [-0.3, -0.25) is 0 Å². The summed E-state index contributed by atoms with van der Waals surface area (Å²) < 4.78 is 1.10. The summed E-state index contributed by atoms with van der Waals surface area (Å²) in [4.78, 5) is 0. The van der Waals surface area contributed by atoms with Gasteiger partial charge >= 0.3 is 0 Å². The first-order valence-corrected chi connectivity index (χ1v) is 6.58. The van der Waals surface area contributed by atoms with Crippen molar-refractivity contribution >= 4 is 15.9 Å². The first-order chi connectivity index (χ1) is 7.56. The average molecular weight is 282 g/mol. The predicted molar refractivity (Wildman–Crippen MR) is 67.2 cm³/mol. The van der Waals surface area contributed by atoms with Crippen LogP contribution in [0.5, 0.6) is 0 Å². The SMILES string of the molecule is NC1(C2(c3ccc(Br)cc3)CC2)CC(O)C1. The van der Waals surface area contributed by atoms with Crippen molar-refractivity contribution in [3.05, 3.63) is 34.3 Å². The highest BCUT2D eigenvalue weighted by atomic mass is 79.9. The molecule has 0 bridgehead atoms. The van der Waals surface area contributed by atoms with E-state index in [0.717, 1.165) is 30.2 Å². The number of rotatable bonds is 2. The lowest BCUT2D eigenvalue weighted by atomic mass is 9.62. The van der Waals surface area contributed by atoms with E-state index in [-0.39, 0.29) is 17.1 Å². The number of halogens is 1. The van der Waals surface area contributed by atoms with Gasteiger partial charge in [0.2, 0.25) is 0 Å². The summed E-state index contributed by atoms with van der Waals surface area (Å²) in [6.45, 7) is 0. The topological polar surface area (TPSA) is 46.2 Å². The van der Waals surface area contributed by atoms with Crippen molar-refractivity contribution in [3.8, 4) is 0 Å². The minimum atomic E-state index is -0.182. The molecule has 0 unspecified atom stereocenters. The molecule has 3 rings (SSSR count). The fraction of sp³-hybridized carbons (Fsp3) is 0.538. The minimum Gasteiger partial charge on any atom is -0.393 e. The fourth-order valence-corrected chi connectivity index (χ4v) is 3.40. The van der Waals surface area contributed by atoms with Crippen molar-refractivity contribution in [2.24, 2.45) is 5.73 Å². The Morgan fingerprint density at radius 2 is 1.75 bits per heavy atom. The molecule has 0 saturated heterocycles. The second kappa shape index (κ2) is 3.31. The maximum Gasteiger partial charge on any atom is 0.0575 e. The minimum absolute atomic E-state index is 0.146. The second-order valence-corrected chi connectivity index (χ2v) is 6.22. The number of hydrogen-bond acceptors (Lipinski definition) is 2. The van der Waals surface area contributed by atoms with Gasteiger partial charge in [0.05, 0.1) is 6.10 Å². The summed E-state index contributed by atoms with van der Waals surface area (Å²) >= 11 is 3.45. The summed E-state index contributed by atoms with van der Waals surface area (Å²) in [6.07, 6.45) is 3.65. The van der Waals surface area contributed by atoms with Crippen LogP contribution >= 0.6 is 15.9 Å². The molecule has 3 N–H and O–H groups in total. The molecule has 2 fully saturated rings. The van der Waals surface area contributed by atoms with Gasteiger partial charge in [0.15, 0.2) is 0 Å². The molecule has 0 amide bonds. The van der Waals surface area contributed by atoms with E-state index < -0.39 is 0 Å². The van der Waals surface area contributed by atoms with Gasteiger partial charge < -0.3 is 10.8 Å². The Labute approximate surface area is 104 Å². The Kier molecular flexibility index (Phi) is 2.23. The molecule has 0 radical (unpaired) electrons. The van der Waals surface area contributed by atoms with Gasteiger partial charge in [-0.15, -0.1) is 0 Å². The highest BCUT2D eigenvalue weighted by molar-refractivity contribution is 9.10. The number of hydrogen-bond donors (Lipinski definition) is 2. The first kappa shape index (κ1) is 10.8. The van der Waals surface area contributed by atoms with Crippen molar-refractivity contribution in [1.82, 2.24) is 0 Å². The van der Waals surface area contributed by atoms with E-state index in [9.17, 15) is 5.11 Å². The normalized spacial score (nSPS) is 35.6. The highest BCUT2D eigenvalue weighted by Gasteiger charge is 2.62. The van der Waals surface area contributed by atoms with Crippen LogP contribution in [-0.4, -0.2) is 16.7 Å². The molecule has 86 valence electrons. The Hall–Kier alpha value is -0.380. The highest BCUT2D eigenvalue weighted by Crippen LogP contribution is 2.60. The van der Waals surface area contributed by atoms with E-state index >= 15 is 0 Å². The molecule has 0 atom stereocenters. The molecule has 2 aliphatic carbocycles. The Morgan fingerprint density at radius 3 is 2.19 bits per heavy atom. The van der Waals surface area contributed by atoms with Crippen LogP contribution in [0.25, 0.3) is 0 Å².